The molecule has 29 heavy (non-hydrogen) atoms. The normalized spacial score (nSPS) is 11.1. The Morgan fingerprint density at radius 2 is 1.55 bits per heavy atom. The fraction of sp³-hybridized carbons (Fsp3) is 0.409. The lowest BCUT2D eigenvalue weighted by Crippen LogP contribution is -2.36. The van der Waals surface area contributed by atoms with Crippen molar-refractivity contribution < 1.29 is 14.2 Å². The second kappa shape index (κ2) is 10.5. The van der Waals surface area contributed by atoms with Gasteiger partial charge in [-0.1, -0.05) is 6.07 Å². The van der Waals surface area contributed by atoms with Gasteiger partial charge in [-0.15, -0.1) is 0 Å². The molecular weight excluding hydrogens is 368 g/mol. The van der Waals surface area contributed by atoms with Crippen LogP contribution in [-0.4, -0.2) is 48.4 Å². The van der Waals surface area contributed by atoms with E-state index in [1.54, 1.807) is 28.4 Å². The first-order chi connectivity index (χ1) is 13.9. The van der Waals surface area contributed by atoms with Crippen molar-refractivity contribution in [2.75, 3.05) is 47.4 Å². The number of nitrogens with one attached hydrogen (secondary N) is 2. The van der Waals surface area contributed by atoms with Crippen molar-refractivity contribution >= 4 is 11.6 Å². The Balaban J connectivity index is 2.03. The third-order valence-electron chi connectivity index (χ3n) is 4.70. The lowest BCUT2D eigenvalue weighted by atomic mass is 10.1. The lowest BCUT2D eigenvalue weighted by molar-refractivity contribution is 0.323. The van der Waals surface area contributed by atoms with E-state index in [2.05, 4.69) is 45.6 Å². The van der Waals surface area contributed by atoms with E-state index in [1.165, 1.54) is 16.8 Å². The third kappa shape index (κ3) is 5.70. The molecular formula is C22H32N4O3. The Hall–Kier alpha value is -3.09. The number of anilines is 1. The molecule has 158 valence electrons. The van der Waals surface area contributed by atoms with Crippen LogP contribution in [0.5, 0.6) is 17.2 Å². The van der Waals surface area contributed by atoms with Crippen LogP contribution in [0.3, 0.4) is 0 Å². The van der Waals surface area contributed by atoms with Crippen LogP contribution in [0.4, 0.5) is 5.69 Å². The zero-order valence-corrected chi connectivity index (χ0v) is 18.4. The molecule has 2 aromatic rings. The molecule has 0 amide bonds. The van der Waals surface area contributed by atoms with Crippen molar-refractivity contribution in [1.29, 1.82) is 0 Å². The van der Waals surface area contributed by atoms with Crippen LogP contribution in [0.15, 0.2) is 35.3 Å². The zero-order valence-electron chi connectivity index (χ0n) is 18.4. The molecule has 0 fully saturated rings. The van der Waals surface area contributed by atoms with Gasteiger partial charge in [0.05, 0.1) is 21.3 Å². The summed E-state index contributed by atoms with van der Waals surface area (Å²) in [4.78, 5) is 6.41. The fourth-order valence-corrected chi connectivity index (χ4v) is 2.98. The van der Waals surface area contributed by atoms with Crippen molar-refractivity contribution in [3.63, 3.8) is 0 Å². The highest BCUT2D eigenvalue weighted by Gasteiger charge is 2.13. The molecule has 0 atom stereocenters. The first-order valence-corrected chi connectivity index (χ1v) is 9.43. The van der Waals surface area contributed by atoms with Gasteiger partial charge in [0.15, 0.2) is 17.5 Å². The SMILES string of the molecule is CN=C(NCc1cc(OC)c(OC)c(OC)c1)NCc1ccc(N(C)C)cc1C. The number of aliphatic imine (C=N–C) groups is 1. The van der Waals surface area contributed by atoms with Gasteiger partial charge in [0.1, 0.15) is 0 Å². The van der Waals surface area contributed by atoms with Crippen LogP contribution in [0, 0.1) is 6.92 Å². The van der Waals surface area contributed by atoms with Gasteiger partial charge in [-0.2, -0.15) is 0 Å². The molecule has 0 radical (unpaired) electrons. The Labute approximate surface area is 173 Å². The zero-order chi connectivity index (χ0) is 21.4. The molecule has 0 unspecified atom stereocenters. The monoisotopic (exact) mass is 400 g/mol. The van der Waals surface area contributed by atoms with Gasteiger partial charge in [-0.25, -0.2) is 0 Å². The molecule has 0 bridgehead atoms. The van der Waals surface area contributed by atoms with Gasteiger partial charge < -0.3 is 29.7 Å². The van der Waals surface area contributed by atoms with E-state index in [0.29, 0.717) is 30.3 Å². The van der Waals surface area contributed by atoms with E-state index in [-0.39, 0.29) is 0 Å². The number of rotatable bonds is 8. The minimum atomic E-state index is 0.564. The van der Waals surface area contributed by atoms with Crippen LogP contribution in [0.1, 0.15) is 16.7 Å². The van der Waals surface area contributed by atoms with Crippen LogP contribution >= 0.6 is 0 Å². The Morgan fingerprint density at radius 1 is 0.931 bits per heavy atom. The van der Waals surface area contributed by atoms with E-state index in [0.717, 1.165) is 11.5 Å². The topological polar surface area (TPSA) is 67.4 Å². The van der Waals surface area contributed by atoms with Crippen molar-refractivity contribution in [3.8, 4) is 17.2 Å². The number of hydrogen-bond acceptors (Lipinski definition) is 5. The highest BCUT2D eigenvalue weighted by atomic mass is 16.5. The van der Waals surface area contributed by atoms with Crippen molar-refractivity contribution in [3.05, 3.63) is 47.0 Å². The molecule has 0 aliphatic carbocycles. The van der Waals surface area contributed by atoms with E-state index in [4.69, 9.17) is 14.2 Å². The number of ether oxygens (including phenoxy) is 3. The number of aryl methyl sites for hydroxylation is 1. The Bertz CT molecular complexity index is 825. The first-order valence-electron chi connectivity index (χ1n) is 9.43. The van der Waals surface area contributed by atoms with Crippen molar-refractivity contribution in [1.82, 2.24) is 10.6 Å². The minimum Gasteiger partial charge on any atom is -0.493 e. The molecule has 0 aromatic heterocycles. The molecule has 0 heterocycles. The predicted molar refractivity (Wildman–Crippen MR) is 119 cm³/mol. The summed E-state index contributed by atoms with van der Waals surface area (Å²) in [5.41, 5.74) is 4.65. The molecule has 2 aromatic carbocycles. The summed E-state index contributed by atoms with van der Waals surface area (Å²) in [5.74, 6) is 2.55. The number of hydrogen-bond donors (Lipinski definition) is 2. The van der Waals surface area contributed by atoms with E-state index in [9.17, 15) is 0 Å². The van der Waals surface area contributed by atoms with E-state index in [1.807, 2.05) is 26.2 Å². The maximum atomic E-state index is 5.42. The molecule has 2 N–H and O–H groups in total. The van der Waals surface area contributed by atoms with Gasteiger partial charge in [0.25, 0.3) is 0 Å². The van der Waals surface area contributed by atoms with Crippen LogP contribution in [0.2, 0.25) is 0 Å². The Kier molecular flexibility index (Phi) is 8.00. The lowest BCUT2D eigenvalue weighted by Gasteiger charge is -2.17. The summed E-state index contributed by atoms with van der Waals surface area (Å²) < 4.78 is 16.2. The van der Waals surface area contributed by atoms with Crippen LogP contribution in [0.25, 0.3) is 0 Å². The summed E-state index contributed by atoms with van der Waals surface area (Å²) >= 11 is 0. The van der Waals surface area contributed by atoms with Gasteiger partial charge in [0.2, 0.25) is 5.75 Å². The van der Waals surface area contributed by atoms with Crippen LogP contribution < -0.4 is 29.7 Å². The molecule has 2 rings (SSSR count). The summed E-state index contributed by atoms with van der Waals surface area (Å²) in [6.07, 6.45) is 0. The summed E-state index contributed by atoms with van der Waals surface area (Å²) in [7, 11) is 10.7. The molecule has 7 nitrogen and oxygen atoms in total. The quantitative estimate of drug-likeness (QED) is 0.525. The fourth-order valence-electron chi connectivity index (χ4n) is 2.98. The van der Waals surface area contributed by atoms with Crippen molar-refractivity contribution in [2.24, 2.45) is 4.99 Å². The van der Waals surface area contributed by atoms with Gasteiger partial charge in [0, 0.05) is 39.9 Å². The number of methoxy groups -OCH3 is 3. The van der Waals surface area contributed by atoms with Crippen molar-refractivity contribution in [2.45, 2.75) is 20.0 Å². The molecule has 0 saturated carbocycles. The second-order valence-electron chi connectivity index (χ2n) is 6.82. The number of benzene rings is 2. The highest BCUT2D eigenvalue weighted by Crippen LogP contribution is 2.38. The number of guanidine groups is 1. The van der Waals surface area contributed by atoms with E-state index >= 15 is 0 Å². The average Bonchev–Trinajstić information content (AvgIpc) is 2.73. The molecule has 0 spiro atoms. The molecule has 0 aliphatic rings. The minimum absolute atomic E-state index is 0.564. The van der Waals surface area contributed by atoms with Gasteiger partial charge in [-0.05, 0) is 47.9 Å². The van der Waals surface area contributed by atoms with Gasteiger partial charge >= 0.3 is 0 Å². The first kappa shape index (κ1) is 22.2. The maximum Gasteiger partial charge on any atom is 0.203 e. The van der Waals surface area contributed by atoms with E-state index < -0.39 is 0 Å². The largest absolute Gasteiger partial charge is 0.493 e. The number of nitrogens with zero attached hydrogens (tertiary/aromatic N) is 2. The standard InChI is InChI=1S/C22H32N4O3/c1-15-10-18(26(3)4)9-8-17(15)14-25-22(23-2)24-13-16-11-19(27-5)21(29-7)20(12-16)28-6/h8-12H,13-14H2,1-7H3,(H2,23,24,25). The molecule has 0 saturated heterocycles. The second-order valence-corrected chi connectivity index (χ2v) is 6.82. The molecule has 7 heteroatoms. The third-order valence-corrected chi connectivity index (χ3v) is 4.70. The predicted octanol–water partition coefficient (Wildman–Crippen LogP) is 2.95. The summed E-state index contributed by atoms with van der Waals surface area (Å²) in [6.45, 7) is 3.37. The summed E-state index contributed by atoms with van der Waals surface area (Å²) in [6, 6.07) is 10.3. The molecule has 0 aliphatic heterocycles. The smallest absolute Gasteiger partial charge is 0.203 e. The highest BCUT2D eigenvalue weighted by molar-refractivity contribution is 5.79. The Morgan fingerprint density at radius 3 is 2.03 bits per heavy atom. The van der Waals surface area contributed by atoms with Crippen LogP contribution in [-0.2, 0) is 13.1 Å². The average molecular weight is 401 g/mol. The van der Waals surface area contributed by atoms with Gasteiger partial charge in [-0.3, -0.25) is 4.99 Å². The summed E-state index contributed by atoms with van der Waals surface area (Å²) in [5, 5.41) is 6.69. The maximum absolute atomic E-state index is 5.42.